The normalized spacial score (nSPS) is 13.2. The molecule has 1 aliphatic rings. The van der Waals surface area contributed by atoms with Crippen molar-refractivity contribution in [2.75, 3.05) is 13.1 Å². The van der Waals surface area contributed by atoms with Crippen molar-refractivity contribution in [1.29, 1.82) is 0 Å². The second kappa shape index (κ2) is 8.53. The van der Waals surface area contributed by atoms with Crippen LogP contribution in [0, 0.1) is 27.6 Å². The molecule has 0 saturated carbocycles. The molecule has 1 amide bonds. The molecular weight excluding hydrogens is 427 g/mol. The van der Waals surface area contributed by atoms with Gasteiger partial charge in [0.2, 0.25) is 5.91 Å². The highest BCUT2D eigenvalue weighted by molar-refractivity contribution is 5.83. The predicted molar refractivity (Wildman–Crippen MR) is 106 cm³/mol. The van der Waals surface area contributed by atoms with E-state index in [-0.39, 0.29) is 41.6 Å². The molecule has 0 bridgehead atoms. The third-order valence-electron chi connectivity index (χ3n) is 4.85. The van der Waals surface area contributed by atoms with Crippen molar-refractivity contribution in [1.82, 2.24) is 19.9 Å². The molecule has 8 nitrogen and oxygen atoms in total. The molecule has 0 fully saturated rings. The van der Waals surface area contributed by atoms with Crippen molar-refractivity contribution < 1.29 is 22.9 Å². The highest BCUT2D eigenvalue weighted by Gasteiger charge is 2.26. The Kier molecular flexibility index (Phi) is 5.63. The van der Waals surface area contributed by atoms with Crippen LogP contribution in [0.3, 0.4) is 0 Å². The Morgan fingerprint density at radius 3 is 2.53 bits per heavy atom. The fourth-order valence-corrected chi connectivity index (χ4v) is 3.28. The molecule has 162 valence electrons. The fourth-order valence-electron chi connectivity index (χ4n) is 3.28. The van der Waals surface area contributed by atoms with Gasteiger partial charge in [0.25, 0.3) is 5.69 Å². The first-order chi connectivity index (χ1) is 15.3. The topological polar surface area (TPSA) is 102 Å². The Hall–Kier alpha value is -4.15. The first-order valence-corrected chi connectivity index (χ1v) is 9.36. The molecule has 2 aromatic heterocycles. The summed E-state index contributed by atoms with van der Waals surface area (Å²) in [7, 11) is 0. The summed E-state index contributed by atoms with van der Waals surface area (Å²) in [6, 6.07) is 5.26. The Morgan fingerprint density at radius 2 is 1.84 bits per heavy atom. The molecule has 4 rings (SSSR count). The average molecular weight is 441 g/mol. The highest BCUT2D eigenvalue weighted by atomic mass is 19.1. The number of hydrogen-bond acceptors (Lipinski definition) is 6. The summed E-state index contributed by atoms with van der Waals surface area (Å²) in [5.41, 5.74) is 0.0685. The van der Waals surface area contributed by atoms with Crippen LogP contribution in [-0.2, 0) is 11.2 Å². The monoisotopic (exact) mass is 441 g/mol. The Balaban J connectivity index is 1.56. The van der Waals surface area contributed by atoms with Gasteiger partial charge >= 0.3 is 0 Å². The summed E-state index contributed by atoms with van der Waals surface area (Å²) in [6.45, 7) is 0.361. The zero-order chi connectivity index (χ0) is 22.8. The van der Waals surface area contributed by atoms with E-state index in [1.54, 1.807) is 6.08 Å². The Bertz CT molecular complexity index is 1250. The van der Waals surface area contributed by atoms with Gasteiger partial charge in [-0.2, -0.15) is 0 Å². The number of aromatic nitrogens is 3. The predicted octanol–water partition coefficient (Wildman–Crippen LogP) is 3.33. The first-order valence-electron chi connectivity index (χ1n) is 9.36. The zero-order valence-electron chi connectivity index (χ0n) is 16.3. The molecule has 0 saturated heterocycles. The third-order valence-corrected chi connectivity index (χ3v) is 4.85. The summed E-state index contributed by atoms with van der Waals surface area (Å²) in [6.07, 6.45) is 3.33. The second-order valence-electron chi connectivity index (χ2n) is 6.95. The van der Waals surface area contributed by atoms with Gasteiger partial charge in [-0.05, 0) is 18.2 Å². The molecule has 3 heterocycles. The van der Waals surface area contributed by atoms with Crippen LogP contribution in [0.1, 0.15) is 11.5 Å². The second-order valence-corrected chi connectivity index (χ2v) is 6.95. The number of benzene rings is 1. The van der Waals surface area contributed by atoms with E-state index in [0.717, 1.165) is 24.5 Å². The molecule has 1 aromatic carbocycles. The van der Waals surface area contributed by atoms with Crippen LogP contribution in [0.25, 0.3) is 16.8 Å². The number of nitrogens with zero attached hydrogens (tertiary/aromatic N) is 5. The standard InChI is InChI=1S/C21H14F3N5O3/c22-13-1-2-15(16(24)7-13)17-3-4-19(29(31)32)18(27-17)8-20(30)28-6-5-12(11-28)21-25-9-14(23)10-26-21/h1-5,7,9-10H,6,8,11H2. The Morgan fingerprint density at radius 1 is 1.09 bits per heavy atom. The average Bonchev–Trinajstić information content (AvgIpc) is 3.24. The van der Waals surface area contributed by atoms with Crippen LogP contribution < -0.4 is 0 Å². The summed E-state index contributed by atoms with van der Waals surface area (Å²) in [5, 5.41) is 11.4. The molecule has 0 N–H and O–H groups in total. The lowest BCUT2D eigenvalue weighted by Crippen LogP contribution is -2.30. The number of carbonyl (C=O) groups is 1. The summed E-state index contributed by atoms with van der Waals surface area (Å²) < 4.78 is 40.3. The minimum atomic E-state index is -0.878. The van der Waals surface area contributed by atoms with Crippen molar-refractivity contribution in [3.8, 4) is 11.3 Å². The van der Waals surface area contributed by atoms with Gasteiger partial charge in [-0.15, -0.1) is 0 Å². The van der Waals surface area contributed by atoms with E-state index in [1.807, 2.05) is 0 Å². The van der Waals surface area contributed by atoms with E-state index in [2.05, 4.69) is 15.0 Å². The van der Waals surface area contributed by atoms with Crippen LogP contribution >= 0.6 is 0 Å². The Labute approximate surface area is 179 Å². The van der Waals surface area contributed by atoms with Crippen LogP contribution in [0.15, 0.2) is 48.8 Å². The molecule has 0 unspecified atom stereocenters. The van der Waals surface area contributed by atoms with Crippen LogP contribution in [0.5, 0.6) is 0 Å². The van der Waals surface area contributed by atoms with Crippen LogP contribution in [0.4, 0.5) is 18.9 Å². The number of amides is 1. The third kappa shape index (κ3) is 4.31. The summed E-state index contributed by atoms with van der Waals surface area (Å²) in [4.78, 5) is 36.8. The van der Waals surface area contributed by atoms with Crippen molar-refractivity contribution in [2.24, 2.45) is 0 Å². The highest BCUT2D eigenvalue weighted by Crippen LogP contribution is 2.27. The quantitative estimate of drug-likeness (QED) is 0.445. The molecule has 0 radical (unpaired) electrons. The molecule has 3 aromatic rings. The molecule has 32 heavy (non-hydrogen) atoms. The van der Waals surface area contributed by atoms with E-state index in [9.17, 15) is 28.1 Å². The maximum Gasteiger partial charge on any atom is 0.291 e. The molecule has 0 spiro atoms. The minimum absolute atomic E-state index is 0.0378. The molecule has 0 aliphatic carbocycles. The summed E-state index contributed by atoms with van der Waals surface area (Å²) in [5.74, 6) is -2.41. The van der Waals surface area contributed by atoms with E-state index in [1.165, 1.54) is 17.0 Å². The van der Waals surface area contributed by atoms with Crippen LogP contribution in [-0.4, -0.2) is 43.8 Å². The minimum Gasteiger partial charge on any atom is -0.334 e. The van der Waals surface area contributed by atoms with Gasteiger partial charge in [-0.25, -0.2) is 28.1 Å². The van der Waals surface area contributed by atoms with Crippen molar-refractivity contribution in [3.05, 3.63) is 87.9 Å². The lowest BCUT2D eigenvalue weighted by Gasteiger charge is -2.16. The number of halogens is 3. The van der Waals surface area contributed by atoms with E-state index < -0.39 is 34.7 Å². The van der Waals surface area contributed by atoms with E-state index in [4.69, 9.17) is 0 Å². The van der Waals surface area contributed by atoms with Gasteiger partial charge in [0.05, 0.1) is 29.4 Å². The largest absolute Gasteiger partial charge is 0.334 e. The number of hydrogen-bond donors (Lipinski definition) is 0. The van der Waals surface area contributed by atoms with Crippen molar-refractivity contribution in [2.45, 2.75) is 6.42 Å². The number of pyridine rings is 1. The van der Waals surface area contributed by atoms with Crippen LogP contribution in [0.2, 0.25) is 0 Å². The smallest absolute Gasteiger partial charge is 0.291 e. The van der Waals surface area contributed by atoms with Gasteiger partial charge in [-0.1, -0.05) is 6.08 Å². The van der Waals surface area contributed by atoms with Gasteiger partial charge in [-0.3, -0.25) is 14.9 Å². The lowest BCUT2D eigenvalue weighted by molar-refractivity contribution is -0.385. The maximum atomic E-state index is 14.1. The zero-order valence-corrected chi connectivity index (χ0v) is 16.3. The van der Waals surface area contributed by atoms with Gasteiger partial charge in [0.15, 0.2) is 11.6 Å². The molecule has 0 atom stereocenters. The lowest BCUT2D eigenvalue weighted by atomic mass is 10.1. The molecular formula is C21H14F3N5O3. The maximum absolute atomic E-state index is 14.1. The van der Waals surface area contributed by atoms with E-state index >= 15 is 0 Å². The SMILES string of the molecule is O=C(Cc1nc(-c2ccc(F)cc2F)ccc1[N+](=O)[O-])N1CC=C(c2ncc(F)cn2)C1. The van der Waals surface area contributed by atoms with Gasteiger partial charge < -0.3 is 4.90 Å². The van der Waals surface area contributed by atoms with Crippen molar-refractivity contribution in [3.63, 3.8) is 0 Å². The summed E-state index contributed by atoms with van der Waals surface area (Å²) >= 11 is 0. The fraction of sp³-hybridized carbons (Fsp3) is 0.143. The van der Waals surface area contributed by atoms with Crippen molar-refractivity contribution >= 4 is 17.2 Å². The first kappa shape index (κ1) is 21.1. The molecule has 1 aliphatic heterocycles. The number of rotatable bonds is 5. The van der Waals surface area contributed by atoms with Gasteiger partial charge in [0.1, 0.15) is 17.3 Å². The van der Waals surface area contributed by atoms with Gasteiger partial charge in [0, 0.05) is 36.4 Å². The number of carbonyl (C=O) groups excluding carboxylic acids is 1. The number of nitro groups is 1. The van der Waals surface area contributed by atoms with E-state index in [0.29, 0.717) is 11.6 Å². The molecule has 11 heteroatoms.